The fourth-order valence-corrected chi connectivity index (χ4v) is 3.66. The lowest BCUT2D eigenvalue weighted by Gasteiger charge is -2.29. The summed E-state index contributed by atoms with van der Waals surface area (Å²) in [5, 5.41) is 2.96. The van der Waals surface area contributed by atoms with E-state index in [1.54, 1.807) is 4.90 Å². The molecule has 0 radical (unpaired) electrons. The number of aryl methyl sites for hydroxylation is 2. The normalized spacial score (nSPS) is 13.2. The Morgan fingerprint density at radius 1 is 1.14 bits per heavy atom. The Morgan fingerprint density at radius 3 is 2.75 bits per heavy atom. The molecule has 3 rings (SSSR count). The second kappa shape index (κ2) is 9.40. The third kappa shape index (κ3) is 4.91. The number of nitrogens with one attached hydrogen (secondary N) is 1. The summed E-state index contributed by atoms with van der Waals surface area (Å²) >= 11 is 0. The highest BCUT2D eigenvalue weighted by Crippen LogP contribution is 2.27. The Morgan fingerprint density at radius 2 is 1.96 bits per heavy atom. The maximum Gasteiger partial charge on any atom is 0.240 e. The van der Waals surface area contributed by atoms with E-state index in [0.717, 1.165) is 37.2 Å². The fourth-order valence-electron chi connectivity index (χ4n) is 3.66. The van der Waals surface area contributed by atoms with Gasteiger partial charge in [0.05, 0.1) is 0 Å². The van der Waals surface area contributed by atoms with Gasteiger partial charge >= 0.3 is 0 Å². The molecule has 0 saturated heterocycles. The molecule has 0 atom stereocenters. The number of amides is 2. The van der Waals surface area contributed by atoms with Crippen LogP contribution in [0.1, 0.15) is 30.9 Å². The molecule has 0 spiro atoms. The largest absolute Gasteiger partial charge is 0.372 e. The molecule has 28 heavy (non-hydrogen) atoms. The minimum absolute atomic E-state index is 0.0189. The van der Waals surface area contributed by atoms with Crippen molar-refractivity contribution < 1.29 is 9.59 Å². The summed E-state index contributed by atoms with van der Waals surface area (Å²) in [5.41, 5.74) is 4.46. The molecule has 1 heterocycles. The van der Waals surface area contributed by atoms with Crippen LogP contribution in [0, 0.1) is 6.92 Å². The molecule has 1 aliphatic rings. The predicted molar refractivity (Wildman–Crippen MR) is 114 cm³/mol. The van der Waals surface area contributed by atoms with Gasteiger partial charge in [-0.05, 0) is 56.0 Å². The molecule has 0 unspecified atom stereocenters. The van der Waals surface area contributed by atoms with E-state index >= 15 is 0 Å². The first-order valence-electron chi connectivity index (χ1n) is 10.0. The SMILES string of the molecule is CCN(CCCNC(=O)CN1C(=O)CCc2ccccc21)c1cccc(C)c1. The molecule has 1 aliphatic heterocycles. The lowest BCUT2D eigenvalue weighted by Crippen LogP contribution is -2.43. The summed E-state index contributed by atoms with van der Waals surface area (Å²) < 4.78 is 0. The first kappa shape index (κ1) is 19.9. The van der Waals surface area contributed by atoms with Gasteiger partial charge in [0.1, 0.15) is 6.54 Å². The Hall–Kier alpha value is -2.82. The molecule has 1 N–H and O–H groups in total. The van der Waals surface area contributed by atoms with Gasteiger partial charge in [0.25, 0.3) is 0 Å². The van der Waals surface area contributed by atoms with Crippen molar-refractivity contribution in [1.29, 1.82) is 0 Å². The Bertz CT molecular complexity index is 834. The molecule has 0 fully saturated rings. The van der Waals surface area contributed by atoms with E-state index in [2.05, 4.69) is 48.3 Å². The first-order chi connectivity index (χ1) is 13.6. The minimum Gasteiger partial charge on any atom is -0.372 e. The maximum absolute atomic E-state index is 12.4. The zero-order valence-corrected chi connectivity index (χ0v) is 16.8. The van der Waals surface area contributed by atoms with Gasteiger partial charge < -0.3 is 15.1 Å². The molecule has 0 saturated carbocycles. The van der Waals surface area contributed by atoms with Gasteiger partial charge in [-0.2, -0.15) is 0 Å². The molecule has 5 nitrogen and oxygen atoms in total. The third-order valence-electron chi connectivity index (χ3n) is 5.17. The number of para-hydroxylation sites is 1. The quantitative estimate of drug-likeness (QED) is 0.716. The van der Waals surface area contributed by atoms with Crippen LogP contribution in [0.4, 0.5) is 11.4 Å². The van der Waals surface area contributed by atoms with E-state index in [1.807, 2.05) is 24.3 Å². The van der Waals surface area contributed by atoms with Crippen LogP contribution in [-0.2, 0) is 16.0 Å². The van der Waals surface area contributed by atoms with Crippen LogP contribution in [-0.4, -0.2) is 38.0 Å². The molecule has 0 aliphatic carbocycles. The Labute approximate surface area is 167 Å². The number of rotatable bonds is 8. The Kier molecular flexibility index (Phi) is 6.69. The predicted octanol–water partition coefficient (Wildman–Crippen LogP) is 3.31. The van der Waals surface area contributed by atoms with Crippen LogP contribution in [0.5, 0.6) is 0 Å². The number of nitrogens with zero attached hydrogens (tertiary/aromatic N) is 2. The summed E-state index contributed by atoms with van der Waals surface area (Å²) in [6.07, 6.45) is 2.07. The van der Waals surface area contributed by atoms with Gasteiger partial charge in [-0.15, -0.1) is 0 Å². The molecular weight excluding hydrogens is 350 g/mol. The van der Waals surface area contributed by atoms with Crippen LogP contribution >= 0.6 is 0 Å². The smallest absolute Gasteiger partial charge is 0.240 e. The van der Waals surface area contributed by atoms with E-state index in [4.69, 9.17) is 0 Å². The van der Waals surface area contributed by atoms with Crippen molar-refractivity contribution in [3.8, 4) is 0 Å². The van der Waals surface area contributed by atoms with E-state index in [1.165, 1.54) is 11.3 Å². The van der Waals surface area contributed by atoms with Crippen molar-refractivity contribution in [3.05, 3.63) is 59.7 Å². The zero-order chi connectivity index (χ0) is 19.9. The van der Waals surface area contributed by atoms with Crippen molar-refractivity contribution in [2.45, 2.75) is 33.1 Å². The van der Waals surface area contributed by atoms with Crippen molar-refractivity contribution >= 4 is 23.2 Å². The summed E-state index contributed by atoms with van der Waals surface area (Å²) in [6, 6.07) is 16.3. The van der Waals surface area contributed by atoms with E-state index < -0.39 is 0 Å². The van der Waals surface area contributed by atoms with Crippen molar-refractivity contribution in [2.75, 3.05) is 36.0 Å². The van der Waals surface area contributed by atoms with E-state index in [9.17, 15) is 9.59 Å². The summed E-state index contributed by atoms with van der Waals surface area (Å²) in [6.45, 7) is 6.73. The number of carbonyl (C=O) groups is 2. The lowest BCUT2D eigenvalue weighted by molar-refractivity contribution is -0.124. The lowest BCUT2D eigenvalue weighted by atomic mass is 10.0. The van der Waals surface area contributed by atoms with Gasteiger partial charge in [-0.25, -0.2) is 0 Å². The van der Waals surface area contributed by atoms with Crippen LogP contribution < -0.4 is 15.1 Å². The number of anilines is 2. The Balaban J connectivity index is 1.48. The maximum atomic E-state index is 12.4. The van der Waals surface area contributed by atoms with Gasteiger partial charge in [0.15, 0.2) is 0 Å². The highest BCUT2D eigenvalue weighted by Gasteiger charge is 2.25. The molecule has 5 heteroatoms. The van der Waals surface area contributed by atoms with Gasteiger partial charge in [-0.1, -0.05) is 30.3 Å². The van der Waals surface area contributed by atoms with Gasteiger partial charge in [0, 0.05) is 37.4 Å². The summed E-state index contributed by atoms with van der Waals surface area (Å²) in [4.78, 5) is 28.6. The molecule has 2 amide bonds. The molecule has 2 aromatic rings. The zero-order valence-electron chi connectivity index (χ0n) is 16.8. The van der Waals surface area contributed by atoms with Crippen LogP contribution in [0.2, 0.25) is 0 Å². The minimum atomic E-state index is -0.108. The van der Waals surface area contributed by atoms with E-state index in [0.29, 0.717) is 13.0 Å². The van der Waals surface area contributed by atoms with Gasteiger partial charge in [0.2, 0.25) is 11.8 Å². The molecular formula is C23H29N3O2. The van der Waals surface area contributed by atoms with Crippen molar-refractivity contribution in [1.82, 2.24) is 5.32 Å². The number of carbonyl (C=O) groups excluding carboxylic acids is 2. The fraction of sp³-hybridized carbons (Fsp3) is 0.391. The number of hydrogen-bond donors (Lipinski definition) is 1. The summed E-state index contributed by atoms with van der Waals surface area (Å²) in [5.74, 6) is -0.0888. The van der Waals surface area contributed by atoms with Crippen LogP contribution in [0.3, 0.4) is 0 Å². The van der Waals surface area contributed by atoms with Gasteiger partial charge in [-0.3, -0.25) is 9.59 Å². The number of hydrogen-bond acceptors (Lipinski definition) is 3. The first-order valence-corrected chi connectivity index (χ1v) is 10.0. The molecule has 0 bridgehead atoms. The second-order valence-corrected chi connectivity index (χ2v) is 7.23. The highest BCUT2D eigenvalue weighted by molar-refractivity contribution is 6.00. The monoisotopic (exact) mass is 379 g/mol. The molecule has 148 valence electrons. The van der Waals surface area contributed by atoms with Crippen molar-refractivity contribution in [3.63, 3.8) is 0 Å². The second-order valence-electron chi connectivity index (χ2n) is 7.23. The third-order valence-corrected chi connectivity index (χ3v) is 5.17. The average molecular weight is 380 g/mol. The number of benzene rings is 2. The topological polar surface area (TPSA) is 52.7 Å². The van der Waals surface area contributed by atoms with Crippen molar-refractivity contribution in [2.24, 2.45) is 0 Å². The van der Waals surface area contributed by atoms with Crippen LogP contribution in [0.15, 0.2) is 48.5 Å². The number of fused-ring (bicyclic) bond motifs is 1. The standard InChI is InChI=1S/C23H29N3O2/c1-3-25(20-10-6-8-18(2)16-20)15-7-14-24-22(27)17-26-21-11-5-4-9-19(21)12-13-23(26)28/h4-6,8-11,16H,3,7,12-15,17H2,1-2H3,(H,24,27). The molecule has 2 aromatic carbocycles. The highest BCUT2D eigenvalue weighted by atomic mass is 16.2. The molecule has 0 aromatic heterocycles. The van der Waals surface area contributed by atoms with E-state index in [-0.39, 0.29) is 18.4 Å². The summed E-state index contributed by atoms with van der Waals surface area (Å²) in [7, 11) is 0. The average Bonchev–Trinajstić information content (AvgIpc) is 2.70. The van der Waals surface area contributed by atoms with Crippen LogP contribution in [0.25, 0.3) is 0 Å².